The van der Waals surface area contributed by atoms with Crippen LogP contribution >= 0.6 is 0 Å². The van der Waals surface area contributed by atoms with Crippen LogP contribution in [0.15, 0.2) is 138 Å². The van der Waals surface area contributed by atoms with Crippen molar-refractivity contribution in [2.24, 2.45) is 0 Å². The van der Waals surface area contributed by atoms with E-state index >= 15 is 0 Å². The predicted molar refractivity (Wildman–Crippen MR) is 172 cm³/mol. The Balaban J connectivity index is 1.21. The summed E-state index contributed by atoms with van der Waals surface area (Å²) in [7, 11) is -3.94. The van der Waals surface area contributed by atoms with E-state index < -0.39 is 34.6 Å². The van der Waals surface area contributed by atoms with Gasteiger partial charge in [-0.25, -0.2) is 13.8 Å². The number of rotatable bonds is 14. The van der Waals surface area contributed by atoms with Crippen molar-refractivity contribution >= 4 is 20.8 Å². The van der Waals surface area contributed by atoms with E-state index in [-0.39, 0.29) is 18.1 Å². The van der Waals surface area contributed by atoms with Gasteiger partial charge < -0.3 is 18.9 Å². The van der Waals surface area contributed by atoms with Crippen molar-refractivity contribution in [2.75, 3.05) is 6.61 Å². The third-order valence-corrected chi connectivity index (χ3v) is 8.90. The predicted octanol–water partition coefficient (Wildman–Crippen LogP) is 5.74. The molecule has 4 atom stereocenters. The second-order valence-electron chi connectivity index (χ2n) is 10.9. The van der Waals surface area contributed by atoms with Crippen LogP contribution in [0.2, 0.25) is 0 Å². The lowest BCUT2D eigenvalue weighted by Gasteiger charge is -2.25. The standard InChI is InChI=1S/C36H36N2O6S/c39-45(40,32-21-20-30-18-10-11-19-31(30)22-32)38-37-36-35(43-25-29-16-8-3-9-17-29)34(42-24-28-14-6-2-7-15-28)33(44-36)26-41-23-27-12-4-1-5-13-27/h1-22,33-38H,23-26H2/t33-,34-,35+,36+/m1/s1. The van der Waals surface area contributed by atoms with Gasteiger partial charge in [-0.05, 0) is 39.6 Å². The number of hydrazine groups is 1. The van der Waals surface area contributed by atoms with Crippen LogP contribution in [0.5, 0.6) is 0 Å². The topological polar surface area (TPSA) is 95.1 Å². The second-order valence-corrected chi connectivity index (χ2v) is 12.6. The van der Waals surface area contributed by atoms with E-state index in [0.29, 0.717) is 13.2 Å². The molecule has 8 nitrogen and oxygen atoms in total. The Kier molecular flexibility index (Phi) is 10.3. The van der Waals surface area contributed by atoms with Gasteiger partial charge in [-0.2, -0.15) is 0 Å². The van der Waals surface area contributed by atoms with Crippen LogP contribution < -0.4 is 10.3 Å². The van der Waals surface area contributed by atoms with E-state index in [1.165, 1.54) is 0 Å². The van der Waals surface area contributed by atoms with Crippen LogP contribution in [0.4, 0.5) is 0 Å². The quantitative estimate of drug-likeness (QED) is 0.152. The lowest BCUT2D eigenvalue weighted by atomic mass is 10.1. The molecule has 1 aliphatic rings. The Morgan fingerprint density at radius 1 is 0.600 bits per heavy atom. The summed E-state index contributed by atoms with van der Waals surface area (Å²) in [6, 6.07) is 42.1. The molecular weight excluding hydrogens is 588 g/mol. The van der Waals surface area contributed by atoms with Crippen LogP contribution in [0, 0.1) is 0 Å². The first-order valence-corrected chi connectivity index (χ1v) is 16.4. The number of ether oxygens (including phenoxy) is 4. The Morgan fingerprint density at radius 2 is 1.13 bits per heavy atom. The minimum atomic E-state index is -3.94. The molecule has 2 N–H and O–H groups in total. The van der Waals surface area contributed by atoms with Crippen molar-refractivity contribution in [1.29, 1.82) is 0 Å². The van der Waals surface area contributed by atoms with Gasteiger partial charge in [0.2, 0.25) is 0 Å². The molecule has 0 aromatic heterocycles. The van der Waals surface area contributed by atoms with Crippen molar-refractivity contribution in [1.82, 2.24) is 10.3 Å². The van der Waals surface area contributed by atoms with Gasteiger partial charge in [-0.3, -0.25) is 0 Å². The summed E-state index contributed by atoms with van der Waals surface area (Å²) in [5.41, 5.74) is 5.90. The fraction of sp³-hybridized carbons (Fsp3) is 0.222. The van der Waals surface area contributed by atoms with Crippen molar-refractivity contribution in [2.45, 2.75) is 49.3 Å². The largest absolute Gasteiger partial charge is 0.374 e. The maximum absolute atomic E-state index is 13.4. The molecule has 1 heterocycles. The van der Waals surface area contributed by atoms with E-state index in [1.54, 1.807) is 18.2 Å². The SMILES string of the molecule is O=S(=O)(NN[C@H]1O[C@H](COCc2ccccc2)[C@@H](OCc2ccccc2)[C@@H]1OCc1ccccc1)c1ccc2ccccc2c1. The molecule has 45 heavy (non-hydrogen) atoms. The first-order valence-electron chi connectivity index (χ1n) is 14.9. The van der Waals surface area contributed by atoms with Crippen molar-refractivity contribution < 1.29 is 27.4 Å². The molecule has 5 aromatic carbocycles. The molecule has 232 valence electrons. The second kappa shape index (κ2) is 14.9. The molecule has 0 amide bonds. The molecule has 0 saturated carbocycles. The van der Waals surface area contributed by atoms with Crippen LogP contribution in [0.25, 0.3) is 10.8 Å². The van der Waals surface area contributed by atoms with Crippen LogP contribution in [0.3, 0.4) is 0 Å². The maximum Gasteiger partial charge on any atom is 0.253 e. The zero-order valence-electron chi connectivity index (χ0n) is 24.7. The fourth-order valence-corrected chi connectivity index (χ4v) is 6.21. The molecule has 9 heteroatoms. The molecule has 0 unspecified atom stereocenters. The Labute approximate surface area is 263 Å². The third-order valence-electron chi connectivity index (χ3n) is 7.64. The average Bonchev–Trinajstić information content (AvgIpc) is 3.42. The highest BCUT2D eigenvalue weighted by Gasteiger charge is 2.47. The molecule has 6 rings (SSSR count). The van der Waals surface area contributed by atoms with Gasteiger partial charge in [0.1, 0.15) is 18.3 Å². The zero-order chi connectivity index (χ0) is 30.9. The Bertz CT molecular complexity index is 1760. The molecule has 0 aliphatic carbocycles. The number of nitrogens with one attached hydrogen (secondary N) is 2. The van der Waals surface area contributed by atoms with E-state index in [0.717, 1.165) is 27.5 Å². The monoisotopic (exact) mass is 624 g/mol. The summed E-state index contributed by atoms with van der Waals surface area (Å²) in [6.45, 7) is 1.22. The van der Waals surface area contributed by atoms with Gasteiger partial charge in [-0.1, -0.05) is 121 Å². The summed E-state index contributed by atoms with van der Waals surface area (Å²) < 4.78 is 52.1. The van der Waals surface area contributed by atoms with E-state index in [9.17, 15) is 8.42 Å². The number of benzene rings is 5. The van der Waals surface area contributed by atoms with Crippen LogP contribution in [-0.4, -0.2) is 39.6 Å². The smallest absolute Gasteiger partial charge is 0.253 e. The highest BCUT2D eigenvalue weighted by atomic mass is 32.2. The Morgan fingerprint density at radius 3 is 1.76 bits per heavy atom. The van der Waals surface area contributed by atoms with Crippen LogP contribution in [0.1, 0.15) is 16.7 Å². The summed E-state index contributed by atoms with van der Waals surface area (Å²) in [5, 5.41) is 1.78. The molecule has 1 fully saturated rings. The van der Waals surface area contributed by atoms with Gasteiger partial charge in [0.15, 0.2) is 6.23 Å². The minimum absolute atomic E-state index is 0.132. The lowest BCUT2D eigenvalue weighted by Crippen LogP contribution is -2.51. The highest BCUT2D eigenvalue weighted by molar-refractivity contribution is 7.89. The van der Waals surface area contributed by atoms with Gasteiger partial charge in [0, 0.05) is 0 Å². The number of hydrogen-bond donors (Lipinski definition) is 2. The summed E-state index contributed by atoms with van der Waals surface area (Å²) >= 11 is 0. The van der Waals surface area contributed by atoms with Crippen molar-refractivity contribution in [3.8, 4) is 0 Å². The van der Waals surface area contributed by atoms with Crippen molar-refractivity contribution in [3.63, 3.8) is 0 Å². The van der Waals surface area contributed by atoms with E-state index in [1.807, 2.05) is 115 Å². The van der Waals surface area contributed by atoms with E-state index in [4.69, 9.17) is 18.9 Å². The van der Waals surface area contributed by atoms with Gasteiger partial charge in [0.25, 0.3) is 10.0 Å². The first-order chi connectivity index (χ1) is 22.0. The zero-order valence-corrected chi connectivity index (χ0v) is 25.5. The number of sulfonamides is 1. The molecule has 0 bridgehead atoms. The molecule has 0 radical (unpaired) electrons. The van der Waals surface area contributed by atoms with Gasteiger partial charge in [0.05, 0.1) is 31.3 Å². The molecule has 1 saturated heterocycles. The third kappa shape index (κ3) is 8.22. The number of fused-ring (bicyclic) bond motifs is 1. The molecule has 5 aromatic rings. The first kappa shape index (κ1) is 31.1. The van der Waals surface area contributed by atoms with Crippen molar-refractivity contribution in [3.05, 3.63) is 150 Å². The maximum atomic E-state index is 13.4. The molecule has 1 aliphatic heterocycles. The normalized spacial score (nSPS) is 20.0. The summed E-state index contributed by atoms with van der Waals surface area (Å²) in [5.74, 6) is 0. The summed E-state index contributed by atoms with van der Waals surface area (Å²) in [4.78, 5) is 2.66. The van der Waals surface area contributed by atoms with Crippen LogP contribution in [-0.2, 0) is 48.8 Å². The minimum Gasteiger partial charge on any atom is -0.374 e. The van der Waals surface area contributed by atoms with E-state index in [2.05, 4.69) is 10.3 Å². The lowest BCUT2D eigenvalue weighted by molar-refractivity contribution is -0.0901. The molecular formula is C36H36N2O6S. The average molecular weight is 625 g/mol. The summed E-state index contributed by atoms with van der Waals surface area (Å²) in [6.07, 6.45) is -2.64. The van der Waals surface area contributed by atoms with Gasteiger partial charge >= 0.3 is 0 Å². The highest BCUT2D eigenvalue weighted by Crippen LogP contribution is 2.28. The Hall–Kier alpha value is -3.93. The molecule has 0 spiro atoms. The van der Waals surface area contributed by atoms with Gasteiger partial charge in [-0.15, -0.1) is 4.83 Å². The number of hydrogen-bond acceptors (Lipinski definition) is 7. The fourth-order valence-electron chi connectivity index (χ4n) is 5.29.